The fraction of sp³-hybridized carbons (Fsp3) is 0.357. The second-order valence-electron chi connectivity index (χ2n) is 4.39. The van der Waals surface area contributed by atoms with Crippen molar-refractivity contribution in [1.29, 1.82) is 0 Å². The second-order valence-corrected chi connectivity index (χ2v) is 4.39. The largest absolute Gasteiger partial charge is 0.348 e. The summed E-state index contributed by atoms with van der Waals surface area (Å²) in [6.45, 7) is 7.37. The van der Waals surface area contributed by atoms with Gasteiger partial charge in [0.2, 0.25) is 0 Å². The van der Waals surface area contributed by atoms with E-state index in [1.165, 1.54) is 0 Å². The molecule has 5 heteroatoms. The first-order valence-electron chi connectivity index (χ1n) is 6.34. The molecule has 0 radical (unpaired) electrons. The van der Waals surface area contributed by atoms with E-state index in [9.17, 15) is 4.79 Å². The van der Waals surface area contributed by atoms with Gasteiger partial charge in [-0.3, -0.25) is 14.5 Å². The molecule has 0 spiro atoms. The third-order valence-corrected chi connectivity index (χ3v) is 3.18. The van der Waals surface area contributed by atoms with Crippen LogP contribution in [0.15, 0.2) is 24.5 Å². The maximum absolute atomic E-state index is 11.9. The Bertz CT molecular complexity index is 575. The third kappa shape index (κ3) is 2.81. The molecule has 100 valence electrons. The van der Waals surface area contributed by atoms with Gasteiger partial charge in [-0.2, -0.15) is 5.10 Å². The van der Waals surface area contributed by atoms with E-state index < -0.39 is 0 Å². The molecule has 5 nitrogen and oxygen atoms in total. The van der Waals surface area contributed by atoms with Crippen LogP contribution in [0, 0.1) is 13.8 Å². The minimum absolute atomic E-state index is 0.115. The molecule has 0 unspecified atom stereocenters. The highest BCUT2D eigenvalue weighted by atomic mass is 16.1. The summed E-state index contributed by atoms with van der Waals surface area (Å²) in [5.74, 6) is -0.115. The van der Waals surface area contributed by atoms with Crippen LogP contribution in [-0.4, -0.2) is 20.7 Å². The molecule has 0 atom stereocenters. The van der Waals surface area contributed by atoms with Gasteiger partial charge in [-0.15, -0.1) is 0 Å². The number of aryl methyl sites for hydroxylation is 2. The van der Waals surface area contributed by atoms with Crippen molar-refractivity contribution in [1.82, 2.24) is 20.1 Å². The van der Waals surface area contributed by atoms with Crippen LogP contribution in [-0.2, 0) is 13.1 Å². The Morgan fingerprint density at radius 3 is 2.79 bits per heavy atom. The summed E-state index contributed by atoms with van der Waals surface area (Å²) < 4.78 is 1.95. The van der Waals surface area contributed by atoms with E-state index in [0.29, 0.717) is 12.1 Å². The van der Waals surface area contributed by atoms with Gasteiger partial charge in [0.15, 0.2) is 0 Å². The molecule has 0 aliphatic heterocycles. The average molecular weight is 258 g/mol. The summed E-state index contributed by atoms with van der Waals surface area (Å²) in [6, 6.07) is 3.50. The molecule has 1 N–H and O–H groups in total. The number of nitrogens with one attached hydrogen (secondary N) is 1. The lowest BCUT2D eigenvalue weighted by Gasteiger charge is -2.06. The van der Waals surface area contributed by atoms with Crippen LogP contribution in [0.4, 0.5) is 0 Å². The van der Waals surface area contributed by atoms with Crippen LogP contribution in [0.25, 0.3) is 0 Å². The molecule has 0 saturated carbocycles. The van der Waals surface area contributed by atoms with E-state index in [-0.39, 0.29) is 5.91 Å². The maximum atomic E-state index is 11.9. The normalized spacial score (nSPS) is 10.5. The van der Waals surface area contributed by atoms with Crippen LogP contribution in [0.2, 0.25) is 0 Å². The van der Waals surface area contributed by atoms with Crippen molar-refractivity contribution < 1.29 is 4.79 Å². The number of hydrogen-bond donors (Lipinski definition) is 1. The first-order valence-corrected chi connectivity index (χ1v) is 6.34. The molecular formula is C14H18N4O. The highest BCUT2D eigenvalue weighted by Gasteiger charge is 2.12. The van der Waals surface area contributed by atoms with Crippen molar-refractivity contribution in [2.75, 3.05) is 0 Å². The SMILES string of the molecule is CCn1nc(C)c(CNC(=O)c2cccnc2)c1C. The van der Waals surface area contributed by atoms with Crippen LogP contribution in [0.1, 0.15) is 34.2 Å². The van der Waals surface area contributed by atoms with E-state index in [1.807, 2.05) is 18.5 Å². The first kappa shape index (κ1) is 13.3. The van der Waals surface area contributed by atoms with Crippen molar-refractivity contribution in [3.05, 3.63) is 47.0 Å². The van der Waals surface area contributed by atoms with Crippen molar-refractivity contribution in [2.24, 2.45) is 0 Å². The number of rotatable bonds is 4. The van der Waals surface area contributed by atoms with Gasteiger partial charge >= 0.3 is 0 Å². The zero-order valence-corrected chi connectivity index (χ0v) is 11.5. The number of carbonyl (C=O) groups is 1. The van der Waals surface area contributed by atoms with E-state index >= 15 is 0 Å². The lowest BCUT2D eigenvalue weighted by molar-refractivity contribution is 0.0950. The van der Waals surface area contributed by atoms with Crippen LogP contribution in [0.3, 0.4) is 0 Å². The molecule has 1 amide bonds. The molecule has 19 heavy (non-hydrogen) atoms. The molecule has 2 aromatic heterocycles. The smallest absolute Gasteiger partial charge is 0.253 e. The number of hydrogen-bond acceptors (Lipinski definition) is 3. The summed E-state index contributed by atoms with van der Waals surface area (Å²) in [4.78, 5) is 15.9. The highest BCUT2D eigenvalue weighted by Crippen LogP contribution is 2.12. The Morgan fingerprint density at radius 2 is 2.21 bits per heavy atom. The molecule has 2 heterocycles. The van der Waals surface area contributed by atoms with Gasteiger partial charge in [0, 0.05) is 36.7 Å². The topological polar surface area (TPSA) is 59.8 Å². The number of carbonyl (C=O) groups excluding carboxylic acids is 1. The summed E-state index contributed by atoms with van der Waals surface area (Å²) in [6.07, 6.45) is 3.21. The van der Waals surface area contributed by atoms with E-state index in [1.54, 1.807) is 24.5 Å². The Balaban J connectivity index is 2.07. The number of nitrogens with zero attached hydrogens (tertiary/aromatic N) is 3. The van der Waals surface area contributed by atoms with Gasteiger partial charge in [-0.25, -0.2) is 0 Å². The molecule has 0 aromatic carbocycles. The van der Waals surface area contributed by atoms with Gasteiger partial charge in [0.05, 0.1) is 11.3 Å². The van der Waals surface area contributed by atoms with E-state index in [4.69, 9.17) is 0 Å². The number of pyridine rings is 1. The van der Waals surface area contributed by atoms with Crippen molar-refractivity contribution in [3.8, 4) is 0 Å². The van der Waals surface area contributed by atoms with Crippen molar-refractivity contribution in [2.45, 2.75) is 33.9 Å². The molecule has 2 aromatic rings. The van der Waals surface area contributed by atoms with Crippen LogP contribution >= 0.6 is 0 Å². The highest BCUT2D eigenvalue weighted by molar-refractivity contribution is 5.93. The summed E-state index contributed by atoms with van der Waals surface area (Å²) >= 11 is 0. The predicted molar refractivity (Wildman–Crippen MR) is 72.8 cm³/mol. The lowest BCUT2D eigenvalue weighted by Crippen LogP contribution is -2.23. The van der Waals surface area contributed by atoms with Crippen molar-refractivity contribution in [3.63, 3.8) is 0 Å². The fourth-order valence-corrected chi connectivity index (χ4v) is 2.07. The summed E-state index contributed by atoms with van der Waals surface area (Å²) in [7, 11) is 0. The molecule has 0 bridgehead atoms. The molecule has 0 aliphatic rings. The zero-order valence-electron chi connectivity index (χ0n) is 11.5. The molecule has 0 saturated heterocycles. The van der Waals surface area contributed by atoms with Gasteiger partial charge in [0.25, 0.3) is 5.91 Å². The minimum atomic E-state index is -0.115. The van der Waals surface area contributed by atoms with E-state index in [2.05, 4.69) is 22.3 Å². The monoisotopic (exact) mass is 258 g/mol. The maximum Gasteiger partial charge on any atom is 0.253 e. The van der Waals surface area contributed by atoms with Gasteiger partial charge in [-0.05, 0) is 32.9 Å². The molecule has 2 rings (SSSR count). The van der Waals surface area contributed by atoms with Crippen LogP contribution < -0.4 is 5.32 Å². The second kappa shape index (κ2) is 5.65. The Morgan fingerprint density at radius 1 is 1.42 bits per heavy atom. The quantitative estimate of drug-likeness (QED) is 0.910. The standard InChI is InChI=1S/C14H18N4O/c1-4-18-11(3)13(10(2)17-18)9-16-14(19)12-6-5-7-15-8-12/h5-8H,4,9H2,1-3H3,(H,16,19). The fourth-order valence-electron chi connectivity index (χ4n) is 2.07. The van der Waals surface area contributed by atoms with E-state index in [0.717, 1.165) is 23.5 Å². The minimum Gasteiger partial charge on any atom is -0.348 e. The summed E-state index contributed by atoms with van der Waals surface area (Å²) in [5, 5.41) is 7.33. The van der Waals surface area contributed by atoms with Gasteiger partial charge in [0.1, 0.15) is 0 Å². The third-order valence-electron chi connectivity index (χ3n) is 3.18. The van der Waals surface area contributed by atoms with Crippen molar-refractivity contribution >= 4 is 5.91 Å². The number of amides is 1. The first-order chi connectivity index (χ1) is 9.13. The lowest BCUT2D eigenvalue weighted by atomic mass is 10.2. The van der Waals surface area contributed by atoms with Gasteiger partial charge in [-0.1, -0.05) is 0 Å². The summed E-state index contributed by atoms with van der Waals surface area (Å²) in [5.41, 5.74) is 3.72. The Hall–Kier alpha value is -2.17. The number of aromatic nitrogens is 3. The molecular weight excluding hydrogens is 240 g/mol. The Kier molecular flexibility index (Phi) is 3.94. The predicted octanol–water partition coefficient (Wildman–Crippen LogP) is 1.84. The average Bonchev–Trinajstić information content (AvgIpc) is 2.72. The molecule has 0 aliphatic carbocycles. The molecule has 0 fully saturated rings. The van der Waals surface area contributed by atoms with Crippen LogP contribution in [0.5, 0.6) is 0 Å². The van der Waals surface area contributed by atoms with Gasteiger partial charge < -0.3 is 5.32 Å². The Labute approximate surface area is 112 Å². The zero-order chi connectivity index (χ0) is 13.8.